The Bertz CT molecular complexity index is 1090. The quantitative estimate of drug-likeness (QED) is 0.515. The Hall–Kier alpha value is -2.81. The Kier molecular flexibility index (Phi) is 6.39. The number of aromatic nitrogens is 2. The topological polar surface area (TPSA) is 64.6 Å². The largest absolute Gasteiger partial charge is 0.347 e. The molecule has 170 valence electrons. The Morgan fingerprint density at radius 2 is 1.64 bits per heavy atom. The van der Waals surface area contributed by atoms with Crippen LogP contribution in [0, 0.1) is 5.82 Å². The van der Waals surface area contributed by atoms with Crippen molar-refractivity contribution in [2.24, 2.45) is 0 Å². The summed E-state index contributed by atoms with van der Waals surface area (Å²) in [6.45, 7) is 2.56. The van der Waals surface area contributed by atoms with Crippen LogP contribution in [-0.2, 0) is 15.2 Å². The van der Waals surface area contributed by atoms with E-state index in [1.54, 1.807) is 23.9 Å². The molecule has 0 N–H and O–H groups in total. The van der Waals surface area contributed by atoms with Crippen LogP contribution in [0.1, 0.15) is 28.8 Å². The molecule has 2 aromatic carbocycles. The smallest absolute Gasteiger partial charge is 0.253 e. The second-order valence-electron chi connectivity index (χ2n) is 8.15. The van der Waals surface area contributed by atoms with E-state index in [0.29, 0.717) is 50.4 Å². The summed E-state index contributed by atoms with van der Waals surface area (Å²) in [7, 11) is 0. The molecule has 3 aromatic rings. The molecule has 2 aliphatic rings. The van der Waals surface area contributed by atoms with Crippen LogP contribution in [0.5, 0.6) is 0 Å². The summed E-state index contributed by atoms with van der Waals surface area (Å²) in [6.07, 6.45) is 1.43. The number of hydrogen-bond donors (Lipinski definition) is 0. The summed E-state index contributed by atoms with van der Waals surface area (Å²) in [5.74, 6) is 0.0197. The summed E-state index contributed by atoms with van der Waals surface area (Å²) in [5.41, 5.74) is 3.33. The number of thioether (sulfide) groups is 1. The van der Waals surface area contributed by atoms with Gasteiger partial charge in [0.05, 0.1) is 18.9 Å². The molecule has 2 fully saturated rings. The maximum Gasteiger partial charge on any atom is 0.253 e. The number of ether oxygens (including phenoxy) is 2. The van der Waals surface area contributed by atoms with Gasteiger partial charge in [-0.2, -0.15) is 0 Å². The monoisotopic (exact) mass is 465 g/mol. The zero-order valence-electron chi connectivity index (χ0n) is 18.1. The second-order valence-corrected chi connectivity index (χ2v) is 9.14. The highest BCUT2D eigenvalue weighted by Crippen LogP contribution is 2.32. The van der Waals surface area contributed by atoms with Crippen LogP contribution in [0.4, 0.5) is 4.39 Å². The normalized spacial score (nSPS) is 17.4. The standard InChI is InChI=1S/C25H24FN3O3S/c26-21-7-5-19(6-8-21)22-9-10-23(28-27-22)33-17-18-1-3-20(4-2-18)24(30)29-13-11-25(12-14-29)31-15-16-32-25/h1-10H,11-17H2. The number of likely N-dealkylation sites (tertiary alicyclic amines) is 1. The molecule has 1 spiro atoms. The number of amides is 1. The first-order chi connectivity index (χ1) is 16.1. The highest BCUT2D eigenvalue weighted by Gasteiger charge is 2.40. The van der Waals surface area contributed by atoms with Gasteiger partial charge >= 0.3 is 0 Å². The fourth-order valence-electron chi connectivity index (χ4n) is 4.09. The lowest BCUT2D eigenvalue weighted by Crippen LogP contribution is -2.47. The highest BCUT2D eigenvalue weighted by atomic mass is 32.2. The number of nitrogens with zero attached hydrogens (tertiary/aromatic N) is 3. The molecular weight excluding hydrogens is 441 g/mol. The molecule has 0 unspecified atom stereocenters. The number of benzene rings is 2. The van der Waals surface area contributed by atoms with Crippen LogP contribution in [0.2, 0.25) is 0 Å². The zero-order chi connectivity index (χ0) is 22.7. The first kappa shape index (κ1) is 22.0. The number of rotatable bonds is 5. The van der Waals surface area contributed by atoms with Crippen molar-refractivity contribution in [2.75, 3.05) is 26.3 Å². The van der Waals surface area contributed by atoms with E-state index in [9.17, 15) is 9.18 Å². The minimum absolute atomic E-state index is 0.0456. The lowest BCUT2D eigenvalue weighted by molar-refractivity contribution is -0.181. The Balaban J connectivity index is 1.14. The maximum atomic E-state index is 13.1. The van der Waals surface area contributed by atoms with Crippen LogP contribution in [0.3, 0.4) is 0 Å². The predicted octanol–water partition coefficient (Wildman–Crippen LogP) is 4.55. The van der Waals surface area contributed by atoms with Gasteiger partial charge in [-0.05, 0) is 54.1 Å². The van der Waals surface area contributed by atoms with Crippen molar-refractivity contribution in [3.05, 3.63) is 77.6 Å². The summed E-state index contributed by atoms with van der Waals surface area (Å²) in [4.78, 5) is 14.7. The van der Waals surface area contributed by atoms with Crippen LogP contribution in [0.15, 0.2) is 65.7 Å². The van der Waals surface area contributed by atoms with Gasteiger partial charge in [0.2, 0.25) is 0 Å². The van der Waals surface area contributed by atoms with E-state index in [2.05, 4.69) is 10.2 Å². The molecule has 2 saturated heterocycles. The van der Waals surface area contributed by atoms with E-state index in [1.165, 1.54) is 12.1 Å². The molecule has 8 heteroatoms. The number of halogens is 1. The molecule has 0 radical (unpaired) electrons. The van der Waals surface area contributed by atoms with E-state index in [-0.39, 0.29) is 11.7 Å². The molecule has 0 aliphatic carbocycles. The minimum Gasteiger partial charge on any atom is -0.347 e. The molecular formula is C25H24FN3O3S. The van der Waals surface area contributed by atoms with Crippen LogP contribution >= 0.6 is 11.8 Å². The molecule has 0 bridgehead atoms. The predicted molar refractivity (Wildman–Crippen MR) is 123 cm³/mol. The average molecular weight is 466 g/mol. The Morgan fingerprint density at radius 1 is 0.939 bits per heavy atom. The summed E-state index contributed by atoms with van der Waals surface area (Å²) < 4.78 is 24.6. The molecule has 1 amide bonds. The van der Waals surface area contributed by atoms with Crippen molar-refractivity contribution >= 4 is 17.7 Å². The van der Waals surface area contributed by atoms with Gasteiger partial charge in [0.1, 0.15) is 10.8 Å². The third-order valence-corrected chi connectivity index (χ3v) is 6.98. The number of carbonyl (C=O) groups is 1. The number of piperidine rings is 1. The molecule has 5 rings (SSSR count). The van der Waals surface area contributed by atoms with Crippen molar-refractivity contribution in [1.29, 1.82) is 0 Å². The Labute approximate surface area is 196 Å². The third kappa shape index (κ3) is 5.08. The molecule has 3 heterocycles. The van der Waals surface area contributed by atoms with E-state index >= 15 is 0 Å². The number of hydrogen-bond acceptors (Lipinski definition) is 6. The van der Waals surface area contributed by atoms with E-state index in [1.807, 2.05) is 41.3 Å². The maximum absolute atomic E-state index is 13.1. The van der Waals surface area contributed by atoms with Crippen molar-refractivity contribution in [2.45, 2.75) is 29.4 Å². The van der Waals surface area contributed by atoms with Gasteiger partial charge in [-0.1, -0.05) is 23.9 Å². The van der Waals surface area contributed by atoms with Gasteiger partial charge in [0, 0.05) is 42.8 Å². The van der Waals surface area contributed by atoms with Gasteiger partial charge < -0.3 is 14.4 Å². The highest BCUT2D eigenvalue weighted by molar-refractivity contribution is 7.98. The molecule has 33 heavy (non-hydrogen) atoms. The van der Waals surface area contributed by atoms with Gasteiger partial charge in [-0.25, -0.2) is 4.39 Å². The number of carbonyl (C=O) groups excluding carboxylic acids is 1. The van der Waals surface area contributed by atoms with Crippen molar-refractivity contribution in [3.8, 4) is 11.3 Å². The van der Waals surface area contributed by atoms with Crippen LogP contribution in [-0.4, -0.2) is 53.1 Å². The van der Waals surface area contributed by atoms with Gasteiger partial charge in [0.25, 0.3) is 5.91 Å². The summed E-state index contributed by atoms with van der Waals surface area (Å²) >= 11 is 1.58. The zero-order valence-corrected chi connectivity index (χ0v) is 18.9. The lowest BCUT2D eigenvalue weighted by Gasteiger charge is -2.37. The van der Waals surface area contributed by atoms with Gasteiger partial charge in [-0.15, -0.1) is 10.2 Å². The molecule has 1 aromatic heterocycles. The minimum atomic E-state index is -0.474. The Morgan fingerprint density at radius 3 is 2.27 bits per heavy atom. The van der Waals surface area contributed by atoms with Crippen LogP contribution in [0.25, 0.3) is 11.3 Å². The van der Waals surface area contributed by atoms with Crippen molar-refractivity contribution < 1.29 is 18.7 Å². The molecule has 0 saturated carbocycles. The van der Waals surface area contributed by atoms with Crippen molar-refractivity contribution in [3.63, 3.8) is 0 Å². The molecule has 2 aliphatic heterocycles. The molecule has 0 atom stereocenters. The second kappa shape index (κ2) is 9.59. The van der Waals surface area contributed by atoms with Gasteiger partial charge in [-0.3, -0.25) is 4.79 Å². The van der Waals surface area contributed by atoms with Gasteiger partial charge in [0.15, 0.2) is 5.79 Å². The lowest BCUT2D eigenvalue weighted by atomic mass is 10.0. The SMILES string of the molecule is O=C(c1ccc(CSc2ccc(-c3ccc(F)cc3)nn2)cc1)N1CCC2(CC1)OCCO2. The van der Waals surface area contributed by atoms with E-state index in [4.69, 9.17) is 9.47 Å². The fourth-order valence-corrected chi connectivity index (χ4v) is 4.86. The van der Waals surface area contributed by atoms with Crippen molar-refractivity contribution in [1.82, 2.24) is 15.1 Å². The van der Waals surface area contributed by atoms with E-state index < -0.39 is 5.79 Å². The molecule has 6 nitrogen and oxygen atoms in total. The van der Waals surface area contributed by atoms with Crippen LogP contribution < -0.4 is 0 Å². The summed E-state index contributed by atoms with van der Waals surface area (Å²) in [5, 5.41) is 9.32. The fraction of sp³-hybridized carbons (Fsp3) is 0.320. The van der Waals surface area contributed by atoms with E-state index in [0.717, 1.165) is 21.9 Å². The first-order valence-corrected chi connectivity index (χ1v) is 12.0. The average Bonchev–Trinajstić information content (AvgIpc) is 3.32. The first-order valence-electron chi connectivity index (χ1n) is 11.0. The third-order valence-electron chi connectivity index (χ3n) is 5.99. The summed E-state index contributed by atoms with van der Waals surface area (Å²) in [6, 6.07) is 17.7.